The monoisotopic (exact) mass is 438 g/mol. The van der Waals surface area contributed by atoms with Gasteiger partial charge in [-0.2, -0.15) is 0 Å². The molecule has 0 aromatic carbocycles. The Kier molecular flexibility index (Phi) is 5.95. The summed E-state index contributed by atoms with van der Waals surface area (Å²) in [5.74, 6) is 0.693. The zero-order chi connectivity index (χ0) is 22.2. The zero-order valence-electron chi connectivity index (χ0n) is 19.0. The molecule has 172 valence electrons. The number of rotatable bonds is 4. The quantitative estimate of drug-likeness (QED) is 0.793. The van der Waals surface area contributed by atoms with Gasteiger partial charge >= 0.3 is 0 Å². The second-order valence-corrected chi connectivity index (χ2v) is 9.94. The van der Waals surface area contributed by atoms with Crippen LogP contribution in [0.3, 0.4) is 0 Å². The van der Waals surface area contributed by atoms with Gasteiger partial charge in [-0.15, -0.1) is 0 Å². The van der Waals surface area contributed by atoms with Crippen molar-refractivity contribution in [1.82, 2.24) is 18.9 Å². The van der Waals surface area contributed by atoms with E-state index in [1.54, 1.807) is 12.1 Å². The fourth-order valence-corrected chi connectivity index (χ4v) is 5.98. The van der Waals surface area contributed by atoms with E-state index in [9.17, 15) is 14.7 Å². The Hall–Kier alpha value is -2.38. The average Bonchev–Trinajstić information content (AvgIpc) is 3.04. The Morgan fingerprint density at radius 2 is 1.75 bits per heavy atom. The minimum absolute atomic E-state index is 0.102. The van der Waals surface area contributed by atoms with Crippen LogP contribution in [-0.4, -0.2) is 50.2 Å². The van der Waals surface area contributed by atoms with Crippen LogP contribution >= 0.6 is 0 Å². The number of hydrogen-bond acceptors (Lipinski definition) is 5. The van der Waals surface area contributed by atoms with E-state index in [0.29, 0.717) is 24.9 Å². The molecule has 0 unspecified atom stereocenters. The molecule has 3 aliphatic heterocycles. The molecule has 0 saturated carbocycles. The average molecular weight is 439 g/mol. The molecule has 2 aromatic heterocycles. The van der Waals surface area contributed by atoms with Gasteiger partial charge in [0.1, 0.15) is 0 Å². The van der Waals surface area contributed by atoms with Crippen LogP contribution < -0.4 is 11.0 Å². The van der Waals surface area contributed by atoms with E-state index in [4.69, 9.17) is 0 Å². The maximum atomic E-state index is 12.6. The van der Waals surface area contributed by atoms with E-state index in [0.717, 1.165) is 56.2 Å². The van der Waals surface area contributed by atoms with Crippen LogP contribution in [0.2, 0.25) is 0 Å². The van der Waals surface area contributed by atoms with Crippen molar-refractivity contribution in [2.24, 2.45) is 13.0 Å². The summed E-state index contributed by atoms with van der Waals surface area (Å²) in [4.78, 5) is 29.7. The highest BCUT2D eigenvalue weighted by Gasteiger charge is 2.34. The second-order valence-electron chi connectivity index (χ2n) is 9.94. The molecule has 2 fully saturated rings. The van der Waals surface area contributed by atoms with Gasteiger partial charge in [-0.25, -0.2) is 0 Å². The van der Waals surface area contributed by atoms with Crippen molar-refractivity contribution in [2.75, 3.05) is 26.2 Å². The fraction of sp³-hybridized carbons (Fsp3) is 0.600. The molecule has 0 radical (unpaired) electrons. The van der Waals surface area contributed by atoms with Crippen molar-refractivity contribution in [3.8, 4) is 5.75 Å². The summed E-state index contributed by atoms with van der Waals surface area (Å²) in [7, 11) is 1.97. The first-order valence-electron chi connectivity index (χ1n) is 12.0. The summed E-state index contributed by atoms with van der Waals surface area (Å²) < 4.78 is 3.98. The number of pyridine rings is 2. The predicted octanol–water partition coefficient (Wildman–Crippen LogP) is 2.25. The third-order valence-corrected chi connectivity index (χ3v) is 7.65. The molecule has 2 bridgehead atoms. The number of aromatic nitrogens is 2. The van der Waals surface area contributed by atoms with Gasteiger partial charge in [0.15, 0.2) is 5.75 Å². The number of fused-ring (bicyclic) bond motifs is 4. The summed E-state index contributed by atoms with van der Waals surface area (Å²) in [6.45, 7) is 5.93. The first kappa shape index (κ1) is 21.5. The van der Waals surface area contributed by atoms with Gasteiger partial charge in [0.25, 0.3) is 5.56 Å². The van der Waals surface area contributed by atoms with Crippen molar-refractivity contribution in [3.05, 3.63) is 61.9 Å². The smallest absolute Gasteiger partial charge is 0.250 e. The maximum absolute atomic E-state index is 12.6. The number of piperidine rings is 1. The first-order valence-corrected chi connectivity index (χ1v) is 12.0. The molecule has 1 N–H and O–H groups in total. The van der Waals surface area contributed by atoms with Crippen LogP contribution in [0.5, 0.6) is 5.75 Å². The standard InChI is InChI=1S/C25H34N4O3/c1-26-20(12-23(30)25(32)22(26)17-27-9-4-2-3-5-10-27)16-28-13-18-11-19(15-28)21-7-6-8-24(31)29(21)14-18/h6-8,12,18-19,32H,2-5,9-11,13-17H2,1H3/t18-,19-/m0/s1. The van der Waals surface area contributed by atoms with E-state index >= 15 is 0 Å². The van der Waals surface area contributed by atoms with Crippen molar-refractivity contribution < 1.29 is 5.11 Å². The van der Waals surface area contributed by atoms with E-state index in [1.165, 1.54) is 25.7 Å². The van der Waals surface area contributed by atoms with E-state index in [-0.39, 0.29) is 16.7 Å². The number of nitrogens with zero attached hydrogens (tertiary/aromatic N) is 4. The molecule has 2 atom stereocenters. The summed E-state index contributed by atoms with van der Waals surface area (Å²) >= 11 is 0. The third kappa shape index (κ3) is 4.16. The highest BCUT2D eigenvalue weighted by molar-refractivity contribution is 5.30. The van der Waals surface area contributed by atoms with Crippen molar-refractivity contribution >= 4 is 0 Å². The summed E-state index contributed by atoms with van der Waals surface area (Å²) in [5, 5.41) is 10.6. The molecule has 0 amide bonds. The normalized spacial score (nSPS) is 24.2. The zero-order valence-corrected chi connectivity index (χ0v) is 19.0. The van der Waals surface area contributed by atoms with Crippen LogP contribution in [0.4, 0.5) is 0 Å². The molecule has 7 heteroatoms. The molecule has 2 saturated heterocycles. The predicted molar refractivity (Wildman–Crippen MR) is 124 cm³/mol. The van der Waals surface area contributed by atoms with E-state index in [2.05, 4.69) is 15.9 Å². The Balaban J connectivity index is 1.37. The molecule has 7 nitrogen and oxygen atoms in total. The Morgan fingerprint density at radius 1 is 0.969 bits per heavy atom. The number of aromatic hydroxyl groups is 1. The molecule has 3 aliphatic rings. The lowest BCUT2D eigenvalue weighted by Crippen LogP contribution is -2.47. The molecular formula is C25H34N4O3. The maximum Gasteiger partial charge on any atom is 0.250 e. The Bertz CT molecular complexity index is 1100. The summed E-state index contributed by atoms with van der Waals surface area (Å²) in [6, 6.07) is 7.21. The molecule has 0 aliphatic carbocycles. The largest absolute Gasteiger partial charge is 0.503 e. The minimum atomic E-state index is -0.281. The van der Waals surface area contributed by atoms with Crippen LogP contribution in [0, 0.1) is 5.92 Å². The van der Waals surface area contributed by atoms with Crippen LogP contribution in [0.15, 0.2) is 33.9 Å². The highest BCUT2D eigenvalue weighted by Crippen LogP contribution is 2.35. The van der Waals surface area contributed by atoms with Crippen LogP contribution in [0.1, 0.15) is 55.1 Å². The topological polar surface area (TPSA) is 70.7 Å². The minimum Gasteiger partial charge on any atom is -0.503 e. The Labute approximate surface area is 188 Å². The van der Waals surface area contributed by atoms with Crippen molar-refractivity contribution in [3.63, 3.8) is 0 Å². The van der Waals surface area contributed by atoms with Crippen molar-refractivity contribution in [1.29, 1.82) is 0 Å². The van der Waals surface area contributed by atoms with Gasteiger partial charge in [0.2, 0.25) is 5.43 Å². The van der Waals surface area contributed by atoms with Gasteiger partial charge in [-0.3, -0.25) is 19.4 Å². The molecule has 0 spiro atoms. The van der Waals surface area contributed by atoms with E-state index < -0.39 is 0 Å². The SMILES string of the molecule is Cn1c(CN2C[C@@H]3C[C@@H](C2)c2cccc(=O)n2C3)cc(=O)c(O)c1CN1CCCCCC1. The summed E-state index contributed by atoms with van der Waals surface area (Å²) in [6.07, 6.45) is 5.99. The third-order valence-electron chi connectivity index (χ3n) is 7.65. The van der Waals surface area contributed by atoms with Crippen LogP contribution in [0.25, 0.3) is 0 Å². The highest BCUT2D eigenvalue weighted by atomic mass is 16.3. The second kappa shape index (κ2) is 8.87. The van der Waals surface area contributed by atoms with Crippen LogP contribution in [-0.2, 0) is 26.7 Å². The lowest BCUT2D eigenvalue weighted by Gasteiger charge is -2.43. The molecule has 5 rings (SSSR count). The fourth-order valence-electron chi connectivity index (χ4n) is 5.98. The lowest BCUT2D eigenvalue weighted by atomic mass is 9.83. The summed E-state index contributed by atoms with van der Waals surface area (Å²) in [5.41, 5.74) is 2.63. The molecular weight excluding hydrogens is 404 g/mol. The number of hydrogen-bond donors (Lipinski definition) is 1. The molecule has 2 aromatic rings. The van der Waals surface area contributed by atoms with Gasteiger partial charge in [0.05, 0.1) is 5.69 Å². The van der Waals surface area contributed by atoms with E-state index in [1.807, 2.05) is 22.2 Å². The van der Waals surface area contributed by atoms with Gasteiger partial charge in [-0.1, -0.05) is 18.9 Å². The van der Waals surface area contributed by atoms with Crippen molar-refractivity contribution in [2.45, 2.75) is 57.7 Å². The molecule has 32 heavy (non-hydrogen) atoms. The molecule has 5 heterocycles. The van der Waals surface area contributed by atoms with Gasteiger partial charge < -0.3 is 14.2 Å². The van der Waals surface area contributed by atoms with Gasteiger partial charge in [0, 0.05) is 69.2 Å². The first-order chi connectivity index (χ1) is 15.5. The van der Waals surface area contributed by atoms with Gasteiger partial charge in [-0.05, 0) is 44.3 Å². The lowest BCUT2D eigenvalue weighted by molar-refractivity contribution is 0.112. The number of likely N-dealkylation sites (tertiary alicyclic amines) is 2. The Morgan fingerprint density at radius 3 is 2.53 bits per heavy atom.